The quantitative estimate of drug-likeness (QED) is 0.0261. The molecular formula is C65H106O6. The second-order valence-corrected chi connectivity index (χ2v) is 18.8. The molecule has 402 valence electrons. The first-order chi connectivity index (χ1) is 35.0. The Bertz CT molecular complexity index is 1500. The lowest BCUT2D eigenvalue weighted by molar-refractivity contribution is -0.167. The predicted octanol–water partition coefficient (Wildman–Crippen LogP) is 19.6. The molecule has 0 fully saturated rings. The minimum absolute atomic E-state index is 0.112. The summed E-state index contributed by atoms with van der Waals surface area (Å²) in [6.07, 6.45) is 80.5. The Labute approximate surface area is 437 Å². The van der Waals surface area contributed by atoms with E-state index in [9.17, 15) is 14.4 Å². The Kier molecular flexibility index (Phi) is 54.9. The maximum atomic E-state index is 12.8. The lowest BCUT2D eigenvalue weighted by Crippen LogP contribution is -2.30. The van der Waals surface area contributed by atoms with E-state index in [1.54, 1.807) is 0 Å². The van der Waals surface area contributed by atoms with Crippen molar-refractivity contribution in [2.75, 3.05) is 13.2 Å². The van der Waals surface area contributed by atoms with Gasteiger partial charge in [-0.25, -0.2) is 0 Å². The topological polar surface area (TPSA) is 78.9 Å². The van der Waals surface area contributed by atoms with Crippen LogP contribution in [0.15, 0.2) is 122 Å². The van der Waals surface area contributed by atoms with Gasteiger partial charge in [-0.3, -0.25) is 14.4 Å². The fourth-order valence-electron chi connectivity index (χ4n) is 7.64. The summed E-state index contributed by atoms with van der Waals surface area (Å²) in [4.78, 5) is 38.2. The highest BCUT2D eigenvalue weighted by Crippen LogP contribution is 2.14. The van der Waals surface area contributed by atoms with Crippen LogP contribution in [0.25, 0.3) is 0 Å². The molecule has 0 spiro atoms. The molecule has 0 aromatic rings. The Morgan fingerprint density at radius 2 is 0.563 bits per heavy atom. The molecule has 0 radical (unpaired) electrons. The first-order valence-corrected chi connectivity index (χ1v) is 29.0. The van der Waals surface area contributed by atoms with E-state index in [1.807, 2.05) is 0 Å². The van der Waals surface area contributed by atoms with Crippen LogP contribution in [0.1, 0.15) is 252 Å². The molecule has 6 nitrogen and oxygen atoms in total. The van der Waals surface area contributed by atoms with Crippen molar-refractivity contribution in [3.8, 4) is 0 Å². The van der Waals surface area contributed by atoms with Crippen molar-refractivity contribution >= 4 is 17.9 Å². The summed E-state index contributed by atoms with van der Waals surface area (Å²) in [6, 6.07) is 0. The first kappa shape index (κ1) is 66.8. The van der Waals surface area contributed by atoms with Gasteiger partial charge in [-0.15, -0.1) is 0 Å². The highest BCUT2D eigenvalue weighted by atomic mass is 16.6. The van der Waals surface area contributed by atoms with Gasteiger partial charge in [0.15, 0.2) is 6.10 Å². The smallest absolute Gasteiger partial charge is 0.306 e. The minimum atomic E-state index is -0.823. The van der Waals surface area contributed by atoms with Gasteiger partial charge in [0, 0.05) is 19.3 Å². The molecule has 0 aliphatic carbocycles. The summed E-state index contributed by atoms with van der Waals surface area (Å²) in [5.74, 6) is -0.999. The second-order valence-electron chi connectivity index (χ2n) is 18.8. The normalized spacial score (nSPS) is 13.0. The van der Waals surface area contributed by atoms with Gasteiger partial charge in [-0.05, 0) is 122 Å². The van der Waals surface area contributed by atoms with E-state index in [-0.39, 0.29) is 37.5 Å². The number of unbranched alkanes of at least 4 members (excludes halogenated alkanes) is 20. The highest BCUT2D eigenvalue weighted by molar-refractivity contribution is 5.71. The van der Waals surface area contributed by atoms with Gasteiger partial charge in [0.25, 0.3) is 0 Å². The van der Waals surface area contributed by atoms with E-state index >= 15 is 0 Å². The zero-order valence-corrected chi connectivity index (χ0v) is 45.9. The van der Waals surface area contributed by atoms with Crippen molar-refractivity contribution in [1.29, 1.82) is 0 Å². The maximum absolute atomic E-state index is 12.8. The van der Waals surface area contributed by atoms with Gasteiger partial charge >= 0.3 is 17.9 Å². The van der Waals surface area contributed by atoms with Crippen LogP contribution < -0.4 is 0 Å². The second kappa shape index (κ2) is 58.4. The zero-order chi connectivity index (χ0) is 51.4. The van der Waals surface area contributed by atoms with Crippen LogP contribution in [0.3, 0.4) is 0 Å². The summed E-state index contributed by atoms with van der Waals surface area (Å²) in [7, 11) is 0. The van der Waals surface area contributed by atoms with E-state index < -0.39 is 6.10 Å². The van der Waals surface area contributed by atoms with Crippen molar-refractivity contribution in [3.63, 3.8) is 0 Å². The van der Waals surface area contributed by atoms with E-state index in [2.05, 4.69) is 142 Å². The molecule has 0 rings (SSSR count). The monoisotopic (exact) mass is 983 g/mol. The third-order valence-corrected chi connectivity index (χ3v) is 11.9. The van der Waals surface area contributed by atoms with Gasteiger partial charge in [0.05, 0.1) is 0 Å². The number of carbonyl (C=O) groups is 3. The van der Waals surface area contributed by atoms with Gasteiger partial charge < -0.3 is 14.2 Å². The largest absolute Gasteiger partial charge is 0.462 e. The molecule has 1 unspecified atom stereocenters. The molecular weight excluding hydrogens is 877 g/mol. The van der Waals surface area contributed by atoms with Crippen LogP contribution in [0.2, 0.25) is 0 Å². The van der Waals surface area contributed by atoms with Gasteiger partial charge in [-0.1, -0.05) is 232 Å². The predicted molar refractivity (Wildman–Crippen MR) is 306 cm³/mol. The van der Waals surface area contributed by atoms with Crippen molar-refractivity contribution in [3.05, 3.63) is 122 Å². The highest BCUT2D eigenvalue weighted by Gasteiger charge is 2.19. The Hall–Kier alpha value is -4.19. The van der Waals surface area contributed by atoms with Crippen molar-refractivity contribution in [1.82, 2.24) is 0 Å². The summed E-state index contributed by atoms with van der Waals surface area (Å²) >= 11 is 0. The fourth-order valence-corrected chi connectivity index (χ4v) is 7.64. The molecule has 71 heavy (non-hydrogen) atoms. The number of hydrogen-bond acceptors (Lipinski definition) is 6. The Morgan fingerprint density at radius 3 is 0.915 bits per heavy atom. The van der Waals surface area contributed by atoms with E-state index in [4.69, 9.17) is 14.2 Å². The third kappa shape index (κ3) is 56.6. The molecule has 0 saturated heterocycles. The molecule has 0 bridgehead atoms. The average Bonchev–Trinajstić information content (AvgIpc) is 3.37. The van der Waals surface area contributed by atoms with Gasteiger partial charge in [-0.2, -0.15) is 0 Å². The van der Waals surface area contributed by atoms with Gasteiger partial charge in [0.1, 0.15) is 13.2 Å². The summed E-state index contributed by atoms with van der Waals surface area (Å²) < 4.78 is 16.8. The lowest BCUT2D eigenvalue weighted by atomic mass is 10.1. The number of carbonyl (C=O) groups excluding carboxylic acids is 3. The van der Waals surface area contributed by atoms with Crippen LogP contribution >= 0.6 is 0 Å². The summed E-state index contributed by atoms with van der Waals surface area (Å²) in [5.41, 5.74) is 0. The fraction of sp³-hybridized carbons (Fsp3) is 0.646. The number of hydrogen-bond donors (Lipinski definition) is 0. The molecule has 0 aromatic carbocycles. The Balaban J connectivity index is 4.52. The summed E-state index contributed by atoms with van der Waals surface area (Å²) in [5, 5.41) is 0. The first-order valence-electron chi connectivity index (χ1n) is 29.0. The van der Waals surface area contributed by atoms with Crippen LogP contribution in [0.4, 0.5) is 0 Å². The van der Waals surface area contributed by atoms with Gasteiger partial charge in [0.2, 0.25) is 0 Å². The van der Waals surface area contributed by atoms with Crippen molar-refractivity contribution in [2.45, 2.75) is 258 Å². The van der Waals surface area contributed by atoms with Crippen molar-refractivity contribution < 1.29 is 28.6 Å². The number of allylic oxidation sites excluding steroid dienone is 20. The molecule has 0 N–H and O–H groups in total. The number of ether oxygens (including phenoxy) is 3. The van der Waals surface area contributed by atoms with Crippen LogP contribution in [-0.2, 0) is 28.6 Å². The van der Waals surface area contributed by atoms with Crippen LogP contribution in [-0.4, -0.2) is 37.2 Å². The maximum Gasteiger partial charge on any atom is 0.306 e. The molecule has 0 aliphatic rings. The third-order valence-electron chi connectivity index (χ3n) is 11.9. The molecule has 0 saturated carbocycles. The molecule has 1 atom stereocenters. The summed E-state index contributed by atoms with van der Waals surface area (Å²) in [6.45, 7) is 6.34. The number of rotatable bonds is 51. The minimum Gasteiger partial charge on any atom is -0.462 e. The van der Waals surface area contributed by atoms with E-state index in [0.29, 0.717) is 19.3 Å². The molecule has 0 aliphatic heterocycles. The van der Waals surface area contributed by atoms with Crippen LogP contribution in [0.5, 0.6) is 0 Å². The lowest BCUT2D eigenvalue weighted by Gasteiger charge is -2.18. The zero-order valence-electron chi connectivity index (χ0n) is 45.9. The number of esters is 3. The molecule has 0 amide bonds. The van der Waals surface area contributed by atoms with E-state index in [1.165, 1.54) is 89.9 Å². The van der Waals surface area contributed by atoms with Crippen molar-refractivity contribution in [2.24, 2.45) is 0 Å². The molecule has 0 heterocycles. The van der Waals surface area contributed by atoms with Crippen LogP contribution in [0, 0.1) is 0 Å². The molecule has 6 heteroatoms. The molecule has 0 aromatic heterocycles. The SMILES string of the molecule is CC/C=C\C/C=C\C/C=C\C/C=C\C/C=C\CCCC(=O)OC(COC(=O)CCCCCC/C=C\C/C=C\C/C=C\C/C=C\CC)COC(=O)CCCCCCCCCCC/C=C\CCCCCCCC. The average molecular weight is 984 g/mol. The van der Waals surface area contributed by atoms with E-state index in [0.717, 1.165) is 116 Å². The Morgan fingerprint density at radius 1 is 0.296 bits per heavy atom. The standard InChI is InChI=1S/C65H106O6/c1-4-7-10-13-16-19-22-25-28-31-32-35-37-40-43-46-49-52-55-58-64(67)70-61-62(71-65(68)59-56-53-50-47-44-41-38-34-30-27-24-21-18-15-12-9-6-3)60-69-63(66)57-54-51-48-45-42-39-36-33-29-26-23-20-17-14-11-8-5-2/h8-9,11-12,17-18,20-21,25-30,36,38-39,41,47,50,62H,4-7,10,13-16,19,22-24,31-35,37,40,42-46,48-49,51-61H2,1-3H3/b11-8-,12-9-,20-17-,21-18-,28-25-,29-26-,30-27-,39-36-,41-38-,50-47-.